The lowest BCUT2D eigenvalue weighted by Gasteiger charge is -2.48. The van der Waals surface area contributed by atoms with Crippen LogP contribution in [0.4, 0.5) is 0 Å². The van der Waals surface area contributed by atoms with E-state index >= 15 is 0 Å². The molecule has 3 aliphatic rings. The number of carbonyl (C=O) groups excluding carboxylic acids is 1. The van der Waals surface area contributed by atoms with Gasteiger partial charge in [-0.25, -0.2) is 0 Å². The van der Waals surface area contributed by atoms with Crippen molar-refractivity contribution in [2.45, 2.75) is 57.7 Å². The molecule has 5 rings (SSSR count). The lowest BCUT2D eigenvalue weighted by molar-refractivity contribution is -0.120. The van der Waals surface area contributed by atoms with Crippen LogP contribution in [0.15, 0.2) is 69.8 Å². The van der Waals surface area contributed by atoms with Crippen LogP contribution < -0.4 is 10.6 Å². The van der Waals surface area contributed by atoms with Crippen molar-refractivity contribution in [2.24, 2.45) is 10.2 Å². The van der Waals surface area contributed by atoms with Gasteiger partial charge in [0, 0.05) is 35.0 Å². The number of amides is 1. The van der Waals surface area contributed by atoms with Crippen molar-refractivity contribution >= 4 is 17.5 Å². The van der Waals surface area contributed by atoms with Crippen molar-refractivity contribution in [1.29, 1.82) is 0 Å². The quantitative estimate of drug-likeness (QED) is 0.679. The normalized spacial score (nSPS) is 25.6. The summed E-state index contributed by atoms with van der Waals surface area (Å²) >= 11 is 6.60. The van der Waals surface area contributed by atoms with Crippen LogP contribution in [0.5, 0.6) is 0 Å². The van der Waals surface area contributed by atoms with Gasteiger partial charge in [0.1, 0.15) is 0 Å². The molecule has 164 valence electrons. The van der Waals surface area contributed by atoms with Gasteiger partial charge >= 0.3 is 0 Å². The molecule has 2 N–H and O–H groups in total. The van der Waals surface area contributed by atoms with E-state index in [9.17, 15) is 4.79 Å². The van der Waals surface area contributed by atoms with E-state index < -0.39 is 5.41 Å². The summed E-state index contributed by atoms with van der Waals surface area (Å²) in [6.07, 6.45) is 4.75. The molecular weight excluding hydrogens is 422 g/mol. The topological polar surface area (TPSA) is 78.7 Å². The third kappa shape index (κ3) is 3.00. The molecule has 7 heteroatoms. The molecule has 0 fully saturated rings. The predicted molar refractivity (Wildman–Crippen MR) is 125 cm³/mol. The fourth-order valence-electron chi connectivity index (χ4n) is 5.33. The minimum atomic E-state index is -0.625. The highest BCUT2D eigenvalue weighted by molar-refractivity contribution is 6.33. The molecule has 32 heavy (non-hydrogen) atoms. The van der Waals surface area contributed by atoms with Gasteiger partial charge in [-0.1, -0.05) is 36.7 Å². The Labute approximate surface area is 192 Å². The Morgan fingerprint density at radius 3 is 2.84 bits per heavy atom. The van der Waals surface area contributed by atoms with Crippen LogP contribution in [0.25, 0.3) is 11.1 Å². The summed E-state index contributed by atoms with van der Waals surface area (Å²) in [6, 6.07) is 10.2. The highest BCUT2D eigenvalue weighted by atomic mass is 35.5. The Hall–Kier alpha value is -2.99. The number of hydrogen-bond donors (Lipinski definition) is 2. The monoisotopic (exact) mass is 447 g/mol. The fourth-order valence-corrected chi connectivity index (χ4v) is 5.55. The molecule has 0 radical (unpaired) electrons. The van der Waals surface area contributed by atoms with Crippen LogP contribution in [0.1, 0.15) is 44.9 Å². The number of halogens is 1. The van der Waals surface area contributed by atoms with Gasteiger partial charge in [-0.15, -0.1) is 0 Å². The van der Waals surface area contributed by atoms with Crippen LogP contribution in [-0.4, -0.2) is 22.6 Å². The summed E-state index contributed by atoms with van der Waals surface area (Å²) in [5, 5.41) is 16.0. The molecule has 2 atom stereocenters. The number of fused-ring (bicyclic) bond motifs is 1. The molecule has 3 aliphatic heterocycles. The summed E-state index contributed by atoms with van der Waals surface area (Å²) in [6.45, 7) is 8.10. The highest BCUT2D eigenvalue weighted by Gasteiger charge is 2.53. The van der Waals surface area contributed by atoms with Crippen LogP contribution >= 0.6 is 11.6 Å². The fraction of sp³-hybridized carbons (Fsp3) is 0.360. The summed E-state index contributed by atoms with van der Waals surface area (Å²) in [5.74, 6) is -0.0416. The van der Waals surface area contributed by atoms with E-state index in [4.69, 9.17) is 11.6 Å². The molecule has 4 heterocycles. The SMILES string of the molecule is CC[C@@]1(c2cccc(-c3ccnc(C)c3Cl)c2)C2=CN=NC2NC2=C1C(=O)NC(C)(C)C2. The van der Waals surface area contributed by atoms with Crippen molar-refractivity contribution in [3.8, 4) is 11.1 Å². The van der Waals surface area contributed by atoms with Gasteiger partial charge in [0.05, 0.1) is 27.9 Å². The first-order valence-corrected chi connectivity index (χ1v) is 11.3. The maximum Gasteiger partial charge on any atom is 0.250 e. The van der Waals surface area contributed by atoms with E-state index in [1.165, 1.54) is 0 Å². The summed E-state index contributed by atoms with van der Waals surface area (Å²) in [4.78, 5) is 17.8. The number of hydrogen-bond acceptors (Lipinski definition) is 5. The second-order valence-electron chi connectivity index (χ2n) is 9.33. The zero-order valence-corrected chi connectivity index (χ0v) is 19.4. The minimum Gasteiger partial charge on any atom is -0.362 e. The number of benzene rings is 1. The number of aryl methyl sites for hydroxylation is 1. The molecule has 0 spiro atoms. The Morgan fingerprint density at radius 1 is 1.25 bits per heavy atom. The highest BCUT2D eigenvalue weighted by Crippen LogP contribution is 2.51. The number of pyridine rings is 1. The lowest BCUT2D eigenvalue weighted by atomic mass is 9.62. The first-order chi connectivity index (χ1) is 15.3. The van der Waals surface area contributed by atoms with E-state index in [-0.39, 0.29) is 17.6 Å². The first kappa shape index (κ1) is 20.9. The average Bonchev–Trinajstić information content (AvgIpc) is 3.22. The largest absolute Gasteiger partial charge is 0.362 e. The van der Waals surface area contributed by atoms with Crippen molar-refractivity contribution in [3.63, 3.8) is 0 Å². The summed E-state index contributed by atoms with van der Waals surface area (Å²) < 4.78 is 0. The lowest BCUT2D eigenvalue weighted by Crippen LogP contribution is -2.58. The molecule has 1 aromatic heterocycles. The molecule has 2 aromatic rings. The molecule has 0 bridgehead atoms. The number of nitrogens with one attached hydrogen (secondary N) is 2. The minimum absolute atomic E-state index is 0.0416. The molecular formula is C25H26ClN5O. The zero-order chi connectivity index (χ0) is 22.7. The van der Waals surface area contributed by atoms with Gasteiger partial charge in [-0.2, -0.15) is 10.2 Å². The second-order valence-corrected chi connectivity index (χ2v) is 9.71. The van der Waals surface area contributed by atoms with Crippen molar-refractivity contribution in [3.05, 3.63) is 75.9 Å². The van der Waals surface area contributed by atoms with Crippen LogP contribution in [-0.2, 0) is 10.2 Å². The third-order valence-corrected chi connectivity index (χ3v) is 7.24. The Balaban J connectivity index is 1.75. The summed E-state index contributed by atoms with van der Waals surface area (Å²) in [7, 11) is 0. The van der Waals surface area contributed by atoms with Crippen LogP contribution in [0.3, 0.4) is 0 Å². The van der Waals surface area contributed by atoms with Crippen molar-refractivity contribution < 1.29 is 4.79 Å². The molecule has 1 amide bonds. The van der Waals surface area contributed by atoms with E-state index in [2.05, 4.69) is 44.9 Å². The first-order valence-electron chi connectivity index (χ1n) is 10.9. The van der Waals surface area contributed by atoms with Gasteiger partial charge in [-0.3, -0.25) is 9.78 Å². The van der Waals surface area contributed by atoms with E-state index in [0.717, 1.165) is 39.2 Å². The smallest absolute Gasteiger partial charge is 0.250 e. The van der Waals surface area contributed by atoms with Crippen molar-refractivity contribution in [1.82, 2.24) is 15.6 Å². The summed E-state index contributed by atoms with van der Waals surface area (Å²) in [5.41, 5.74) is 5.51. The number of rotatable bonds is 3. The predicted octanol–water partition coefficient (Wildman–Crippen LogP) is 5.19. The maximum atomic E-state index is 13.5. The number of azo groups is 1. The Bertz CT molecular complexity index is 1230. The maximum absolute atomic E-state index is 13.5. The van der Waals surface area contributed by atoms with E-state index in [1.54, 1.807) is 6.20 Å². The number of carbonyl (C=O) groups is 1. The molecule has 0 saturated heterocycles. The van der Waals surface area contributed by atoms with Gasteiger partial charge in [-0.05, 0) is 50.5 Å². The second kappa shape index (κ2) is 7.27. The molecule has 0 aliphatic carbocycles. The molecule has 1 aromatic carbocycles. The molecule has 1 unspecified atom stereocenters. The number of aromatic nitrogens is 1. The molecule has 6 nitrogen and oxygen atoms in total. The van der Waals surface area contributed by atoms with Gasteiger partial charge in [0.15, 0.2) is 6.17 Å². The molecule has 0 saturated carbocycles. The van der Waals surface area contributed by atoms with Crippen LogP contribution in [0.2, 0.25) is 5.02 Å². The average molecular weight is 448 g/mol. The number of nitrogens with zero attached hydrogens (tertiary/aromatic N) is 3. The zero-order valence-electron chi connectivity index (χ0n) is 18.7. The van der Waals surface area contributed by atoms with Gasteiger partial charge < -0.3 is 10.6 Å². The van der Waals surface area contributed by atoms with Crippen LogP contribution in [0, 0.1) is 6.92 Å². The van der Waals surface area contributed by atoms with Crippen molar-refractivity contribution in [2.75, 3.05) is 0 Å². The van der Waals surface area contributed by atoms with Gasteiger partial charge in [0.2, 0.25) is 0 Å². The Kier molecular flexibility index (Phi) is 4.75. The third-order valence-electron chi connectivity index (χ3n) is 6.76. The van der Waals surface area contributed by atoms with E-state index in [1.807, 2.05) is 45.2 Å². The van der Waals surface area contributed by atoms with E-state index in [0.29, 0.717) is 17.9 Å². The Morgan fingerprint density at radius 2 is 2.06 bits per heavy atom. The standard InChI is InChI=1S/C25H26ClN5O/c1-5-25(16-8-6-7-15(11-16)17-9-10-27-14(2)21(17)26)18-13-28-31-22(18)29-19-12-24(3,4)30-23(32)20(19)25/h6-11,13,22,29H,5,12H2,1-4H3,(H,30,32)/t22?,25-/m1/s1. The van der Waals surface area contributed by atoms with Gasteiger partial charge in [0.25, 0.3) is 5.91 Å².